The zero-order valence-electron chi connectivity index (χ0n) is 19.2. The summed E-state index contributed by atoms with van der Waals surface area (Å²) in [6.45, 7) is 6.68. The second-order valence-corrected chi connectivity index (χ2v) is 9.56. The lowest BCUT2D eigenvalue weighted by Gasteiger charge is -2.23. The van der Waals surface area contributed by atoms with Gasteiger partial charge < -0.3 is 10.1 Å². The molecular formula is C28H28N2O2S. The third kappa shape index (κ3) is 5.93. The SMILES string of the molecule is CCC(C)(C)c1ccc(Oc2ccc(NC(=O)CSc3ccc4ccccc4n3)cc2)cc1. The molecule has 0 aliphatic carbocycles. The van der Waals surface area contributed by atoms with E-state index in [-0.39, 0.29) is 11.3 Å². The van der Waals surface area contributed by atoms with Crippen molar-refractivity contribution in [3.8, 4) is 11.5 Å². The summed E-state index contributed by atoms with van der Waals surface area (Å²) in [6, 6.07) is 27.6. The summed E-state index contributed by atoms with van der Waals surface area (Å²) in [5.41, 5.74) is 3.12. The number of anilines is 1. The first-order valence-corrected chi connectivity index (χ1v) is 12.1. The van der Waals surface area contributed by atoms with E-state index in [1.165, 1.54) is 17.3 Å². The Morgan fingerprint density at radius 3 is 2.27 bits per heavy atom. The second-order valence-electron chi connectivity index (χ2n) is 8.57. The molecule has 33 heavy (non-hydrogen) atoms. The topological polar surface area (TPSA) is 51.2 Å². The first-order chi connectivity index (χ1) is 15.9. The highest BCUT2D eigenvalue weighted by atomic mass is 32.2. The van der Waals surface area contributed by atoms with E-state index in [2.05, 4.69) is 43.2 Å². The van der Waals surface area contributed by atoms with Gasteiger partial charge in [0.25, 0.3) is 0 Å². The van der Waals surface area contributed by atoms with Gasteiger partial charge in [-0.3, -0.25) is 4.79 Å². The van der Waals surface area contributed by atoms with Crippen molar-refractivity contribution in [2.45, 2.75) is 37.6 Å². The minimum atomic E-state index is -0.0715. The molecule has 4 rings (SSSR count). The van der Waals surface area contributed by atoms with Crippen LogP contribution < -0.4 is 10.1 Å². The van der Waals surface area contributed by atoms with Gasteiger partial charge in [-0.25, -0.2) is 4.98 Å². The Morgan fingerprint density at radius 1 is 0.909 bits per heavy atom. The minimum absolute atomic E-state index is 0.0715. The fourth-order valence-corrected chi connectivity index (χ4v) is 4.06. The number of aromatic nitrogens is 1. The Hall–Kier alpha value is -3.31. The molecule has 1 N–H and O–H groups in total. The largest absolute Gasteiger partial charge is 0.457 e. The van der Waals surface area contributed by atoms with Crippen molar-refractivity contribution in [3.63, 3.8) is 0 Å². The monoisotopic (exact) mass is 456 g/mol. The van der Waals surface area contributed by atoms with Crippen molar-refractivity contribution >= 4 is 34.3 Å². The number of rotatable bonds is 8. The molecular weight excluding hydrogens is 428 g/mol. The summed E-state index contributed by atoms with van der Waals surface area (Å²) >= 11 is 1.42. The average molecular weight is 457 g/mol. The van der Waals surface area contributed by atoms with E-state index in [1.54, 1.807) is 0 Å². The first-order valence-electron chi connectivity index (χ1n) is 11.1. The maximum Gasteiger partial charge on any atom is 0.234 e. The quantitative estimate of drug-likeness (QED) is 0.280. The molecule has 0 aliphatic heterocycles. The number of carbonyl (C=O) groups excluding carboxylic acids is 1. The van der Waals surface area contributed by atoms with Crippen LogP contribution in [0, 0.1) is 0 Å². The highest BCUT2D eigenvalue weighted by Gasteiger charge is 2.17. The van der Waals surface area contributed by atoms with Gasteiger partial charge in [-0.2, -0.15) is 0 Å². The number of hydrogen-bond donors (Lipinski definition) is 1. The van der Waals surface area contributed by atoms with E-state index >= 15 is 0 Å². The molecule has 0 bridgehead atoms. The number of pyridine rings is 1. The van der Waals surface area contributed by atoms with E-state index in [9.17, 15) is 4.79 Å². The van der Waals surface area contributed by atoms with Gasteiger partial charge in [0.1, 0.15) is 11.5 Å². The molecule has 0 spiro atoms. The molecule has 168 valence electrons. The number of nitrogens with zero attached hydrogens (tertiary/aromatic N) is 1. The number of nitrogens with one attached hydrogen (secondary N) is 1. The fraction of sp³-hybridized carbons (Fsp3) is 0.214. The molecule has 5 heteroatoms. The van der Waals surface area contributed by atoms with E-state index in [0.29, 0.717) is 5.75 Å². The number of para-hydroxylation sites is 1. The summed E-state index contributed by atoms with van der Waals surface area (Å²) in [5, 5.41) is 4.85. The van der Waals surface area contributed by atoms with Crippen molar-refractivity contribution in [2.24, 2.45) is 0 Å². The molecule has 0 fully saturated rings. The zero-order valence-corrected chi connectivity index (χ0v) is 20.0. The molecule has 0 radical (unpaired) electrons. The van der Waals surface area contributed by atoms with Crippen molar-refractivity contribution in [1.82, 2.24) is 4.98 Å². The molecule has 3 aromatic carbocycles. The lowest BCUT2D eigenvalue weighted by molar-refractivity contribution is -0.113. The number of hydrogen-bond acceptors (Lipinski definition) is 4. The maximum atomic E-state index is 12.4. The Bertz CT molecular complexity index is 1230. The highest BCUT2D eigenvalue weighted by molar-refractivity contribution is 7.99. The van der Waals surface area contributed by atoms with Crippen molar-refractivity contribution < 1.29 is 9.53 Å². The minimum Gasteiger partial charge on any atom is -0.457 e. The fourth-order valence-electron chi connectivity index (χ4n) is 3.38. The molecule has 1 heterocycles. The Labute approximate surface area is 199 Å². The molecule has 4 nitrogen and oxygen atoms in total. The van der Waals surface area contributed by atoms with E-state index in [1.807, 2.05) is 72.8 Å². The average Bonchev–Trinajstić information content (AvgIpc) is 2.84. The molecule has 4 aromatic rings. The van der Waals surface area contributed by atoms with E-state index < -0.39 is 0 Å². The number of benzene rings is 3. The molecule has 1 aromatic heterocycles. The van der Waals surface area contributed by atoms with Gasteiger partial charge in [-0.15, -0.1) is 0 Å². The standard InChI is InChI=1S/C28H28N2O2S/c1-4-28(2,3)21-10-14-23(15-11-21)32-24-16-12-22(13-17-24)29-26(31)19-33-27-18-9-20-7-5-6-8-25(20)30-27/h5-18H,4,19H2,1-3H3,(H,29,31). The Morgan fingerprint density at radius 2 is 1.58 bits per heavy atom. The summed E-state index contributed by atoms with van der Waals surface area (Å²) in [4.78, 5) is 17.0. The molecule has 0 unspecified atom stereocenters. The lowest BCUT2D eigenvalue weighted by atomic mass is 9.82. The van der Waals surface area contributed by atoms with Crippen LogP contribution in [-0.4, -0.2) is 16.6 Å². The molecule has 0 aliphatic rings. The van der Waals surface area contributed by atoms with E-state index in [4.69, 9.17) is 4.74 Å². The van der Waals surface area contributed by atoms with Gasteiger partial charge in [0, 0.05) is 11.1 Å². The highest BCUT2D eigenvalue weighted by Crippen LogP contribution is 2.30. The van der Waals surface area contributed by atoms with Crippen LogP contribution in [0.4, 0.5) is 5.69 Å². The van der Waals surface area contributed by atoms with E-state index in [0.717, 1.165) is 39.5 Å². The third-order valence-corrected chi connectivity index (χ3v) is 6.75. The molecule has 0 saturated carbocycles. The summed E-state index contributed by atoms with van der Waals surface area (Å²) in [6.07, 6.45) is 1.08. The van der Waals surface area contributed by atoms with Gasteiger partial charge >= 0.3 is 0 Å². The van der Waals surface area contributed by atoms with Gasteiger partial charge in [0.15, 0.2) is 0 Å². The van der Waals surface area contributed by atoms with Gasteiger partial charge in [0.05, 0.1) is 16.3 Å². The third-order valence-electron chi connectivity index (χ3n) is 5.82. The molecule has 0 saturated heterocycles. The predicted octanol–water partition coefficient (Wildman–Crippen LogP) is 7.45. The predicted molar refractivity (Wildman–Crippen MR) is 137 cm³/mol. The summed E-state index contributed by atoms with van der Waals surface area (Å²) in [7, 11) is 0. The second kappa shape index (κ2) is 10.1. The van der Waals surface area contributed by atoms with Gasteiger partial charge in [-0.1, -0.05) is 68.9 Å². The van der Waals surface area contributed by atoms with Crippen molar-refractivity contribution in [3.05, 3.63) is 90.5 Å². The lowest BCUT2D eigenvalue weighted by Crippen LogP contribution is -2.14. The molecule has 1 amide bonds. The number of amides is 1. The molecule has 0 atom stereocenters. The first kappa shape index (κ1) is 22.9. The summed E-state index contributed by atoms with van der Waals surface area (Å²) in [5.74, 6) is 1.74. The smallest absolute Gasteiger partial charge is 0.234 e. The Balaban J connectivity index is 1.30. The maximum absolute atomic E-state index is 12.4. The van der Waals surface area contributed by atoms with Crippen molar-refractivity contribution in [2.75, 3.05) is 11.1 Å². The van der Waals surface area contributed by atoms with Crippen LogP contribution in [0.1, 0.15) is 32.8 Å². The van der Waals surface area contributed by atoms with Gasteiger partial charge in [-0.05, 0) is 65.9 Å². The van der Waals surface area contributed by atoms with Crippen LogP contribution in [0.3, 0.4) is 0 Å². The summed E-state index contributed by atoms with van der Waals surface area (Å²) < 4.78 is 5.96. The number of thioether (sulfide) groups is 1. The van der Waals surface area contributed by atoms with Crippen LogP contribution in [0.5, 0.6) is 11.5 Å². The Kier molecular flexibility index (Phi) is 6.99. The number of fused-ring (bicyclic) bond motifs is 1. The van der Waals surface area contributed by atoms with Crippen LogP contribution >= 0.6 is 11.8 Å². The van der Waals surface area contributed by atoms with Crippen LogP contribution in [0.15, 0.2) is 90.0 Å². The van der Waals surface area contributed by atoms with Crippen LogP contribution in [-0.2, 0) is 10.2 Å². The number of carbonyl (C=O) groups is 1. The number of ether oxygens (including phenoxy) is 1. The van der Waals surface area contributed by atoms with Gasteiger partial charge in [0.2, 0.25) is 5.91 Å². The van der Waals surface area contributed by atoms with Crippen molar-refractivity contribution in [1.29, 1.82) is 0 Å². The normalized spacial score (nSPS) is 11.4. The van der Waals surface area contributed by atoms with Crippen LogP contribution in [0.2, 0.25) is 0 Å². The van der Waals surface area contributed by atoms with Crippen LogP contribution in [0.25, 0.3) is 10.9 Å². The zero-order chi connectivity index (χ0) is 23.3.